The molecule has 0 aliphatic carbocycles. The minimum atomic E-state index is -0.353. The Bertz CT molecular complexity index is 618. The smallest absolute Gasteiger partial charge is 0.324 e. The van der Waals surface area contributed by atoms with Gasteiger partial charge in [-0.15, -0.1) is 24.0 Å². The number of ether oxygens (including phenoxy) is 1. The molecule has 4 amide bonds. The Morgan fingerprint density at radius 3 is 2.40 bits per heavy atom. The Morgan fingerprint density at radius 1 is 1.10 bits per heavy atom. The van der Waals surface area contributed by atoms with Gasteiger partial charge in [0.05, 0.1) is 39.4 Å². The summed E-state index contributed by atoms with van der Waals surface area (Å²) in [4.78, 5) is 47.6. The molecule has 0 aromatic heterocycles. The zero-order valence-corrected chi connectivity index (χ0v) is 19.8. The first-order valence-corrected chi connectivity index (χ1v) is 10.3. The van der Waals surface area contributed by atoms with Gasteiger partial charge in [0.1, 0.15) is 0 Å². The summed E-state index contributed by atoms with van der Waals surface area (Å²) in [6, 6.07) is -0.353. The number of halogens is 1. The first-order valence-electron chi connectivity index (χ1n) is 10.3. The number of carbonyl (C=O) groups is 3. The molecule has 3 aliphatic heterocycles. The third-order valence-corrected chi connectivity index (χ3v) is 5.25. The number of urea groups is 1. The third kappa shape index (κ3) is 6.67. The lowest BCUT2D eigenvalue weighted by atomic mass is 10.3. The number of imide groups is 1. The molecule has 3 aliphatic rings. The fraction of sp³-hybridized carbons (Fsp3) is 0.778. The van der Waals surface area contributed by atoms with Crippen LogP contribution in [0.5, 0.6) is 0 Å². The van der Waals surface area contributed by atoms with Crippen LogP contribution in [0.4, 0.5) is 4.79 Å². The number of hydrogen-bond acceptors (Lipinski definition) is 6. The second-order valence-corrected chi connectivity index (χ2v) is 7.20. The van der Waals surface area contributed by atoms with Crippen molar-refractivity contribution in [2.45, 2.75) is 6.92 Å². The van der Waals surface area contributed by atoms with Gasteiger partial charge >= 0.3 is 6.03 Å². The van der Waals surface area contributed by atoms with Crippen LogP contribution in [0.2, 0.25) is 0 Å². The van der Waals surface area contributed by atoms with Crippen molar-refractivity contribution in [2.75, 3.05) is 85.2 Å². The minimum absolute atomic E-state index is 0. The van der Waals surface area contributed by atoms with Crippen LogP contribution in [-0.4, -0.2) is 129 Å². The topological polar surface area (TPSA) is 110 Å². The van der Waals surface area contributed by atoms with Crippen molar-refractivity contribution < 1.29 is 19.1 Å². The number of guanidine groups is 1. The Kier molecular flexibility index (Phi) is 10.0. The molecular weight excluding hydrogens is 505 g/mol. The number of amides is 4. The highest BCUT2D eigenvalue weighted by Crippen LogP contribution is 2.05. The Hall–Kier alpha value is -1.67. The van der Waals surface area contributed by atoms with Gasteiger partial charge < -0.3 is 25.2 Å². The van der Waals surface area contributed by atoms with Gasteiger partial charge in [0.25, 0.3) is 0 Å². The number of carbonyl (C=O) groups excluding carboxylic acids is 3. The molecule has 170 valence electrons. The maximum Gasteiger partial charge on any atom is 0.324 e. The minimum Gasteiger partial charge on any atom is -0.378 e. The van der Waals surface area contributed by atoms with Gasteiger partial charge in [-0.1, -0.05) is 0 Å². The number of nitrogens with one attached hydrogen (secondary N) is 2. The number of hydrogen-bond donors (Lipinski definition) is 2. The van der Waals surface area contributed by atoms with Crippen LogP contribution in [0.1, 0.15) is 6.92 Å². The summed E-state index contributed by atoms with van der Waals surface area (Å²) in [7, 11) is 0. The highest BCUT2D eigenvalue weighted by molar-refractivity contribution is 14.0. The molecule has 0 bridgehead atoms. The van der Waals surface area contributed by atoms with Crippen LogP contribution in [-0.2, 0) is 14.3 Å². The van der Waals surface area contributed by atoms with Gasteiger partial charge in [0.2, 0.25) is 11.8 Å². The van der Waals surface area contributed by atoms with Crippen LogP contribution in [0.15, 0.2) is 4.99 Å². The molecule has 30 heavy (non-hydrogen) atoms. The maximum atomic E-state index is 12.4. The van der Waals surface area contributed by atoms with Gasteiger partial charge in [0, 0.05) is 45.8 Å². The predicted molar refractivity (Wildman–Crippen MR) is 122 cm³/mol. The normalized spacial score (nSPS) is 20.8. The highest BCUT2D eigenvalue weighted by Gasteiger charge is 2.28. The van der Waals surface area contributed by atoms with Crippen molar-refractivity contribution in [1.82, 2.24) is 30.2 Å². The molecule has 12 heteroatoms. The lowest BCUT2D eigenvalue weighted by Gasteiger charge is -2.37. The summed E-state index contributed by atoms with van der Waals surface area (Å²) < 4.78 is 5.30. The van der Waals surface area contributed by atoms with Crippen molar-refractivity contribution in [1.29, 1.82) is 0 Å². The van der Waals surface area contributed by atoms with Crippen LogP contribution in [0, 0.1) is 0 Å². The molecule has 3 rings (SSSR count). The summed E-state index contributed by atoms with van der Waals surface area (Å²) in [5, 5.41) is 5.78. The summed E-state index contributed by atoms with van der Waals surface area (Å²) in [6.45, 7) is 9.56. The summed E-state index contributed by atoms with van der Waals surface area (Å²) >= 11 is 0. The number of nitrogens with zero attached hydrogens (tertiary/aromatic N) is 5. The van der Waals surface area contributed by atoms with Crippen LogP contribution < -0.4 is 10.6 Å². The van der Waals surface area contributed by atoms with Crippen molar-refractivity contribution in [2.24, 2.45) is 4.99 Å². The molecule has 0 aromatic rings. The molecule has 3 heterocycles. The summed E-state index contributed by atoms with van der Waals surface area (Å²) in [5.74, 6) is 0.725. The molecule has 0 atom stereocenters. The average Bonchev–Trinajstić information content (AvgIpc) is 3.06. The number of aliphatic imine (C=N–C) groups is 1. The lowest BCUT2D eigenvalue weighted by molar-refractivity contribution is -0.136. The van der Waals surface area contributed by atoms with E-state index in [2.05, 4.69) is 25.4 Å². The van der Waals surface area contributed by atoms with E-state index in [0.29, 0.717) is 39.4 Å². The van der Waals surface area contributed by atoms with Crippen molar-refractivity contribution >= 4 is 47.8 Å². The van der Waals surface area contributed by atoms with Gasteiger partial charge in [0.15, 0.2) is 5.96 Å². The van der Waals surface area contributed by atoms with Crippen molar-refractivity contribution in [3.05, 3.63) is 0 Å². The summed E-state index contributed by atoms with van der Waals surface area (Å²) in [6.07, 6.45) is 0. The Morgan fingerprint density at radius 2 is 1.80 bits per heavy atom. The predicted octanol–water partition coefficient (Wildman–Crippen LogP) is -1.40. The van der Waals surface area contributed by atoms with Gasteiger partial charge in [-0.25, -0.2) is 4.79 Å². The standard InChI is InChI=1S/C18H31N7O4.HI/c1-2-19-17(20-3-4-25-15(26)13-21-18(25)28)24-7-5-22(6-8-24)14-16(27)23-9-11-29-12-10-23;/h2-14H2,1H3,(H,19,20)(H,21,28);1H. The second-order valence-electron chi connectivity index (χ2n) is 7.20. The monoisotopic (exact) mass is 537 g/mol. The lowest BCUT2D eigenvalue weighted by Crippen LogP contribution is -2.55. The molecule has 0 unspecified atom stereocenters. The molecule has 0 aromatic carbocycles. The van der Waals surface area contributed by atoms with E-state index in [1.165, 1.54) is 4.90 Å². The Labute approximate surface area is 194 Å². The first kappa shape index (κ1) is 24.6. The van der Waals surface area contributed by atoms with E-state index in [-0.39, 0.29) is 54.9 Å². The average molecular weight is 537 g/mol. The van der Waals surface area contributed by atoms with E-state index in [4.69, 9.17) is 4.74 Å². The number of morpholine rings is 1. The zero-order chi connectivity index (χ0) is 20.6. The van der Waals surface area contributed by atoms with Crippen LogP contribution in [0.3, 0.4) is 0 Å². The van der Waals surface area contributed by atoms with E-state index in [9.17, 15) is 14.4 Å². The third-order valence-electron chi connectivity index (χ3n) is 5.25. The highest BCUT2D eigenvalue weighted by atomic mass is 127. The fourth-order valence-corrected chi connectivity index (χ4v) is 3.59. The Balaban J connectivity index is 0.00000320. The summed E-state index contributed by atoms with van der Waals surface area (Å²) in [5.41, 5.74) is 0. The molecule has 2 N–H and O–H groups in total. The fourth-order valence-electron chi connectivity index (χ4n) is 3.59. The molecule has 3 fully saturated rings. The molecule has 0 spiro atoms. The van der Waals surface area contributed by atoms with Crippen LogP contribution >= 0.6 is 24.0 Å². The number of piperazine rings is 1. The first-order chi connectivity index (χ1) is 14.1. The molecule has 0 radical (unpaired) electrons. The van der Waals surface area contributed by atoms with Gasteiger partial charge in [-0.2, -0.15) is 0 Å². The van der Waals surface area contributed by atoms with E-state index in [0.717, 1.165) is 38.7 Å². The van der Waals surface area contributed by atoms with E-state index in [1.807, 2.05) is 11.8 Å². The second kappa shape index (κ2) is 12.2. The quantitative estimate of drug-likeness (QED) is 0.186. The number of rotatable bonds is 6. The van der Waals surface area contributed by atoms with Crippen molar-refractivity contribution in [3.8, 4) is 0 Å². The van der Waals surface area contributed by atoms with Gasteiger partial charge in [-0.05, 0) is 6.92 Å². The molecule has 3 saturated heterocycles. The zero-order valence-electron chi connectivity index (χ0n) is 17.5. The van der Waals surface area contributed by atoms with E-state index >= 15 is 0 Å². The van der Waals surface area contributed by atoms with E-state index < -0.39 is 0 Å². The molecule has 11 nitrogen and oxygen atoms in total. The SMILES string of the molecule is CCNC(=NCCN1C(=O)CNC1=O)N1CCN(CC(=O)N2CCOCC2)CC1.I. The van der Waals surface area contributed by atoms with E-state index in [1.54, 1.807) is 0 Å². The van der Waals surface area contributed by atoms with Crippen LogP contribution in [0.25, 0.3) is 0 Å². The maximum absolute atomic E-state index is 12.4. The molecular formula is C18H32IN7O4. The van der Waals surface area contributed by atoms with Crippen molar-refractivity contribution in [3.63, 3.8) is 0 Å². The largest absolute Gasteiger partial charge is 0.378 e. The molecule has 0 saturated carbocycles. The van der Waals surface area contributed by atoms with Gasteiger partial charge in [-0.3, -0.25) is 24.4 Å².